The van der Waals surface area contributed by atoms with Crippen LogP contribution >= 0.6 is 0 Å². The van der Waals surface area contributed by atoms with Crippen LogP contribution in [-0.2, 0) is 4.79 Å². The van der Waals surface area contributed by atoms with Gasteiger partial charge in [0.15, 0.2) is 0 Å². The van der Waals surface area contributed by atoms with Crippen molar-refractivity contribution >= 4 is 4.29 Å². The molecule has 0 amide bonds. The number of halogens is 2. The van der Waals surface area contributed by atoms with E-state index < -0.39 is 21.2 Å². The minimum atomic E-state index is -0.463. The molecule has 0 aromatic rings. The summed E-state index contributed by atoms with van der Waals surface area (Å²) < 4.78 is 12.7. The van der Waals surface area contributed by atoms with Crippen molar-refractivity contribution in [2.24, 2.45) is 0 Å². The summed E-state index contributed by atoms with van der Waals surface area (Å²) in [6.45, 7) is -0.265. The van der Waals surface area contributed by atoms with Gasteiger partial charge in [0.2, 0.25) is 0 Å². The van der Waals surface area contributed by atoms with E-state index in [0.29, 0.717) is 0 Å². The van der Waals surface area contributed by atoms with Crippen molar-refractivity contribution in [2.45, 2.75) is 16.3 Å². The third-order valence-electron chi connectivity index (χ3n) is 1.31. The molecule has 0 spiro atoms. The summed E-state index contributed by atoms with van der Waals surface area (Å²) >= 11 is -0.463. The quantitative estimate of drug-likeness (QED) is 0.231. The summed E-state index contributed by atoms with van der Waals surface area (Å²) in [5.74, 6) is 0. The van der Waals surface area contributed by atoms with Crippen LogP contribution in [0.15, 0.2) is 0 Å². The third kappa shape index (κ3) is 1.18. The van der Waals surface area contributed by atoms with Gasteiger partial charge in [-0.15, -0.1) is 0 Å². The van der Waals surface area contributed by atoms with E-state index in [4.69, 9.17) is 0 Å². The van der Waals surface area contributed by atoms with Crippen molar-refractivity contribution in [1.29, 1.82) is 0 Å². The molecule has 0 atom stereocenters. The molecule has 0 aliphatic heterocycles. The first-order valence-electron chi connectivity index (χ1n) is 2.47. The van der Waals surface area contributed by atoms with Gasteiger partial charge in [-0.25, -0.2) is 0 Å². The number of carbonyl (C=O) groups excluding carboxylic acids is 1. The van der Waals surface area contributed by atoms with E-state index in [2.05, 4.69) is 0 Å². The predicted molar refractivity (Wildman–Crippen MR) is 24.7 cm³/mol. The van der Waals surface area contributed by atoms with Gasteiger partial charge in [-0.3, -0.25) is 0 Å². The van der Waals surface area contributed by atoms with Crippen LogP contribution in [0.5, 0.6) is 0 Å². The molecule has 0 aromatic heterocycles. The average molecular weight is 229 g/mol. The summed E-state index contributed by atoms with van der Waals surface area (Å²) in [6.07, 6.45) is 1.91. The van der Waals surface area contributed by atoms with Crippen molar-refractivity contribution in [1.82, 2.24) is 0 Å². The monoisotopic (exact) mass is 229 g/mol. The zero-order chi connectivity index (χ0) is 6.04. The van der Waals surface area contributed by atoms with Gasteiger partial charge in [0.05, 0.1) is 0 Å². The van der Waals surface area contributed by atoms with Crippen molar-refractivity contribution in [3.8, 4) is 0 Å². The van der Waals surface area contributed by atoms with Crippen molar-refractivity contribution in [2.75, 3.05) is 6.67 Å². The molecule has 0 aromatic carbocycles. The fraction of sp³-hybridized carbons (Fsp3) is 0.800. The molecule has 8 heavy (non-hydrogen) atoms. The fourth-order valence-electron chi connectivity index (χ4n) is 0.502. The van der Waals surface area contributed by atoms with Gasteiger partial charge in [0.1, 0.15) is 0 Å². The number of carbonyl (C=O) groups is 1. The van der Waals surface area contributed by atoms with E-state index in [1.165, 1.54) is 0 Å². The van der Waals surface area contributed by atoms with Crippen LogP contribution in [0.1, 0.15) is 12.8 Å². The van der Waals surface area contributed by atoms with Gasteiger partial charge in [0.25, 0.3) is 0 Å². The number of alkyl halides is 2. The van der Waals surface area contributed by atoms with Crippen LogP contribution < -0.4 is 21.2 Å². The van der Waals surface area contributed by atoms with E-state index in [0.717, 1.165) is 17.1 Å². The summed E-state index contributed by atoms with van der Waals surface area (Å²) in [5, 5.41) is 0. The first-order valence-corrected chi connectivity index (χ1v) is 4.80. The second-order valence-corrected chi connectivity index (χ2v) is 5.40. The number of hydrogen-bond acceptors (Lipinski definition) is 1. The standard InChI is InChI=1S/C5H7FIO/c6-3-5(1-2-5)7-4-8/h4H,1-3H2/q-1. The van der Waals surface area contributed by atoms with Crippen molar-refractivity contribution in [3.05, 3.63) is 0 Å². The van der Waals surface area contributed by atoms with Crippen LogP contribution in [-0.4, -0.2) is 14.4 Å². The number of rotatable bonds is 3. The SMILES string of the molecule is O=C[I-]C1(CF)CC1. The Labute approximate surface area is 57.9 Å². The molecular formula is C5H7FIO-. The van der Waals surface area contributed by atoms with Gasteiger partial charge in [-0.1, -0.05) is 0 Å². The average Bonchev–Trinajstić information content (AvgIpc) is 2.50. The van der Waals surface area contributed by atoms with Gasteiger partial charge in [0, 0.05) is 0 Å². The molecule has 0 unspecified atom stereocenters. The molecule has 0 saturated heterocycles. The second-order valence-electron chi connectivity index (χ2n) is 1.98. The molecule has 3 heteroatoms. The van der Waals surface area contributed by atoms with Gasteiger partial charge < -0.3 is 0 Å². The van der Waals surface area contributed by atoms with Crippen LogP contribution in [0.3, 0.4) is 0 Å². The third-order valence-corrected chi connectivity index (χ3v) is 4.25. The first kappa shape index (κ1) is 6.45. The van der Waals surface area contributed by atoms with Crippen molar-refractivity contribution < 1.29 is 30.4 Å². The Morgan fingerprint density at radius 3 is 2.50 bits per heavy atom. The van der Waals surface area contributed by atoms with Crippen LogP contribution in [0, 0.1) is 0 Å². The van der Waals surface area contributed by atoms with Crippen LogP contribution in [0.4, 0.5) is 4.39 Å². The molecule has 48 valence electrons. The Hall–Kier alpha value is 0.330. The van der Waals surface area contributed by atoms with Crippen LogP contribution in [0.25, 0.3) is 0 Å². The van der Waals surface area contributed by atoms with Gasteiger partial charge in [-0.2, -0.15) is 0 Å². The predicted octanol–water partition coefficient (Wildman–Crippen LogP) is -2.23. The molecule has 0 N–H and O–H groups in total. The van der Waals surface area contributed by atoms with E-state index in [1.54, 1.807) is 0 Å². The molecule has 1 fully saturated rings. The summed E-state index contributed by atoms with van der Waals surface area (Å²) in [4.78, 5) is 9.90. The van der Waals surface area contributed by atoms with Crippen molar-refractivity contribution in [3.63, 3.8) is 0 Å². The topological polar surface area (TPSA) is 17.1 Å². The molecule has 0 radical (unpaired) electrons. The molecule has 1 rings (SSSR count). The maximum absolute atomic E-state index is 11.9. The molecule has 0 bridgehead atoms. The molecule has 1 aliphatic carbocycles. The Morgan fingerprint density at radius 2 is 2.38 bits per heavy atom. The maximum atomic E-state index is 11.9. The minimum absolute atomic E-state index is 0.0827. The van der Waals surface area contributed by atoms with Gasteiger partial charge >= 0.3 is 57.6 Å². The molecular weight excluding hydrogens is 222 g/mol. The van der Waals surface area contributed by atoms with Gasteiger partial charge in [-0.05, 0) is 0 Å². The molecule has 1 saturated carbocycles. The normalized spacial score (nSPS) is 23.1. The zero-order valence-electron chi connectivity index (χ0n) is 4.36. The Balaban J connectivity index is 2.29. The Morgan fingerprint density at radius 1 is 1.75 bits per heavy atom. The summed E-state index contributed by atoms with van der Waals surface area (Å²) in [7, 11) is 0. The zero-order valence-corrected chi connectivity index (χ0v) is 6.52. The molecule has 0 heterocycles. The number of hydrogen-bond donors (Lipinski definition) is 0. The fourth-order valence-corrected chi connectivity index (χ4v) is 2.10. The second kappa shape index (κ2) is 2.29. The Bertz CT molecular complexity index is 101. The molecule has 1 aliphatic rings. The first-order chi connectivity index (χ1) is 3.83. The van der Waals surface area contributed by atoms with E-state index in [9.17, 15) is 9.18 Å². The van der Waals surface area contributed by atoms with E-state index in [-0.39, 0.29) is 10.1 Å². The van der Waals surface area contributed by atoms with E-state index in [1.807, 2.05) is 0 Å². The Kier molecular flexibility index (Phi) is 1.84. The summed E-state index contributed by atoms with van der Waals surface area (Å²) in [6, 6.07) is 0. The summed E-state index contributed by atoms with van der Waals surface area (Å²) in [5.41, 5.74) is 0. The van der Waals surface area contributed by atoms with E-state index >= 15 is 0 Å². The molecule has 1 nitrogen and oxygen atoms in total. The van der Waals surface area contributed by atoms with Crippen LogP contribution in [0.2, 0.25) is 0 Å².